The van der Waals surface area contributed by atoms with E-state index in [1.807, 2.05) is 4.90 Å². The van der Waals surface area contributed by atoms with E-state index in [9.17, 15) is 13.2 Å². The Morgan fingerprint density at radius 3 is 2.53 bits per heavy atom. The topological polar surface area (TPSA) is 80.5 Å². The predicted octanol–water partition coefficient (Wildman–Crippen LogP) is -0.324. The molecule has 1 heterocycles. The molecule has 0 aromatic rings. The van der Waals surface area contributed by atoms with E-state index >= 15 is 0 Å². The van der Waals surface area contributed by atoms with Crippen LogP contribution in [0.15, 0.2) is 0 Å². The first-order valence-corrected chi connectivity index (χ1v) is 6.97. The third-order valence-electron chi connectivity index (χ3n) is 3.22. The summed E-state index contributed by atoms with van der Waals surface area (Å²) in [5.41, 5.74) is 0. The Morgan fingerprint density at radius 2 is 2.07 bits per heavy atom. The fourth-order valence-electron chi connectivity index (χ4n) is 2.30. The van der Waals surface area contributed by atoms with E-state index in [1.165, 1.54) is 6.42 Å². The molecule has 1 aliphatic carbocycles. The van der Waals surface area contributed by atoms with Crippen molar-refractivity contribution in [2.24, 2.45) is 11.1 Å². The number of rotatable bonds is 3. The molecule has 0 aromatic carbocycles. The monoisotopic (exact) mass is 232 g/mol. The van der Waals surface area contributed by atoms with Crippen LogP contribution in [0.25, 0.3) is 0 Å². The summed E-state index contributed by atoms with van der Waals surface area (Å²) in [6.07, 6.45) is 3.64. The van der Waals surface area contributed by atoms with Gasteiger partial charge >= 0.3 is 0 Å². The molecule has 1 unspecified atom stereocenters. The molecule has 86 valence electrons. The maximum atomic E-state index is 11.6. The molecule has 0 spiro atoms. The zero-order chi connectivity index (χ0) is 11.1. The first-order valence-electron chi connectivity index (χ1n) is 5.25. The summed E-state index contributed by atoms with van der Waals surface area (Å²) in [4.78, 5) is 13.4. The number of hydrogen-bond acceptors (Lipinski definition) is 3. The number of nitrogens with zero attached hydrogens (tertiary/aromatic N) is 1. The van der Waals surface area contributed by atoms with Gasteiger partial charge in [-0.3, -0.25) is 4.79 Å². The van der Waals surface area contributed by atoms with Crippen molar-refractivity contribution in [1.29, 1.82) is 0 Å². The largest absolute Gasteiger partial charge is 0.339 e. The van der Waals surface area contributed by atoms with Crippen LogP contribution in [0.1, 0.15) is 25.7 Å². The van der Waals surface area contributed by atoms with Crippen molar-refractivity contribution in [2.45, 2.75) is 31.7 Å². The molecule has 1 amide bonds. The highest BCUT2D eigenvalue weighted by atomic mass is 32.2. The van der Waals surface area contributed by atoms with Crippen molar-refractivity contribution < 1.29 is 13.2 Å². The fraction of sp³-hybridized carbons (Fsp3) is 0.889. The van der Waals surface area contributed by atoms with Gasteiger partial charge in [0.2, 0.25) is 15.9 Å². The minimum atomic E-state index is -3.45. The lowest BCUT2D eigenvalue weighted by Gasteiger charge is -2.34. The molecule has 1 saturated carbocycles. The minimum absolute atomic E-state index is 0.0675. The number of likely N-dealkylation sites (tertiary alicyclic amines) is 1. The summed E-state index contributed by atoms with van der Waals surface area (Å²) >= 11 is 0. The number of sulfonamides is 1. The van der Waals surface area contributed by atoms with Crippen LogP contribution in [0.5, 0.6) is 0 Å². The Labute approximate surface area is 89.7 Å². The Balaban J connectivity index is 1.94. The van der Waals surface area contributed by atoms with E-state index in [-0.39, 0.29) is 17.6 Å². The third kappa shape index (κ3) is 2.49. The average molecular weight is 232 g/mol. The van der Waals surface area contributed by atoms with Gasteiger partial charge in [-0.1, -0.05) is 0 Å². The lowest BCUT2D eigenvalue weighted by Crippen LogP contribution is -2.41. The Bertz CT molecular complexity index is 362. The zero-order valence-electron chi connectivity index (χ0n) is 8.55. The van der Waals surface area contributed by atoms with Gasteiger partial charge in [0.1, 0.15) is 0 Å². The van der Waals surface area contributed by atoms with Crippen molar-refractivity contribution in [3.63, 3.8) is 0 Å². The normalized spacial score (nSPS) is 28.2. The van der Waals surface area contributed by atoms with Crippen LogP contribution in [0.2, 0.25) is 0 Å². The van der Waals surface area contributed by atoms with Gasteiger partial charge in [-0.05, 0) is 19.3 Å². The van der Waals surface area contributed by atoms with Gasteiger partial charge in [0.05, 0.1) is 5.75 Å². The highest BCUT2D eigenvalue weighted by Crippen LogP contribution is 2.30. The summed E-state index contributed by atoms with van der Waals surface area (Å²) in [5.74, 6) is -0.0800. The predicted molar refractivity (Wildman–Crippen MR) is 55.4 cm³/mol. The molecule has 2 rings (SSSR count). The second kappa shape index (κ2) is 3.75. The molecule has 2 aliphatic rings. The standard InChI is InChI=1S/C9H16N2O3S/c10-15(13,14)6-7-4-9(12)11(5-7)8-2-1-3-8/h7-8H,1-6H2,(H2,10,13,14). The molecule has 5 nitrogen and oxygen atoms in total. The second-order valence-electron chi connectivity index (χ2n) is 4.53. The van der Waals surface area contributed by atoms with Crippen LogP contribution in [0, 0.1) is 5.92 Å². The Kier molecular flexibility index (Phi) is 2.72. The number of carbonyl (C=O) groups is 1. The van der Waals surface area contributed by atoms with Crippen molar-refractivity contribution in [3.8, 4) is 0 Å². The quantitative estimate of drug-likeness (QED) is 0.724. The maximum absolute atomic E-state index is 11.6. The Hall–Kier alpha value is -0.620. The fourth-order valence-corrected chi connectivity index (χ4v) is 3.18. The Morgan fingerprint density at radius 1 is 1.40 bits per heavy atom. The number of nitrogens with two attached hydrogens (primary N) is 1. The molecular formula is C9H16N2O3S. The van der Waals surface area contributed by atoms with Gasteiger partial charge in [0.15, 0.2) is 0 Å². The van der Waals surface area contributed by atoms with E-state index in [0.717, 1.165) is 12.8 Å². The van der Waals surface area contributed by atoms with Crippen molar-refractivity contribution in [1.82, 2.24) is 4.90 Å². The first-order chi connectivity index (χ1) is 6.96. The summed E-state index contributed by atoms with van der Waals surface area (Å²) in [6.45, 7) is 0.569. The van der Waals surface area contributed by atoms with Crippen LogP contribution in [0.4, 0.5) is 0 Å². The van der Waals surface area contributed by atoms with Gasteiger partial charge in [-0.25, -0.2) is 13.6 Å². The van der Waals surface area contributed by atoms with Crippen LogP contribution >= 0.6 is 0 Å². The molecule has 1 saturated heterocycles. The smallest absolute Gasteiger partial charge is 0.223 e. The molecule has 0 bridgehead atoms. The van der Waals surface area contributed by atoms with Crippen molar-refractivity contribution >= 4 is 15.9 Å². The van der Waals surface area contributed by atoms with Gasteiger partial charge < -0.3 is 4.90 Å². The van der Waals surface area contributed by atoms with Crippen molar-refractivity contribution in [2.75, 3.05) is 12.3 Å². The number of hydrogen-bond donors (Lipinski definition) is 1. The highest BCUT2D eigenvalue weighted by Gasteiger charge is 2.37. The van der Waals surface area contributed by atoms with Crippen LogP contribution in [-0.2, 0) is 14.8 Å². The number of amides is 1. The minimum Gasteiger partial charge on any atom is -0.339 e. The number of carbonyl (C=O) groups excluding carboxylic acids is 1. The molecule has 1 aliphatic heterocycles. The van der Waals surface area contributed by atoms with E-state index in [0.29, 0.717) is 19.0 Å². The molecule has 2 fully saturated rings. The average Bonchev–Trinajstić information content (AvgIpc) is 2.24. The lowest BCUT2D eigenvalue weighted by molar-refractivity contribution is -0.131. The van der Waals surface area contributed by atoms with Gasteiger partial charge in [-0.2, -0.15) is 0 Å². The molecule has 0 radical (unpaired) electrons. The SMILES string of the molecule is NS(=O)(=O)CC1CC(=O)N(C2CCC2)C1. The highest BCUT2D eigenvalue weighted by molar-refractivity contribution is 7.89. The second-order valence-corrected chi connectivity index (χ2v) is 6.19. The third-order valence-corrected chi connectivity index (χ3v) is 4.16. The van der Waals surface area contributed by atoms with E-state index in [1.54, 1.807) is 0 Å². The van der Waals surface area contributed by atoms with Crippen molar-refractivity contribution in [3.05, 3.63) is 0 Å². The molecule has 2 N–H and O–H groups in total. The van der Waals surface area contributed by atoms with Crippen LogP contribution in [0.3, 0.4) is 0 Å². The summed E-state index contributed by atoms with van der Waals surface area (Å²) in [7, 11) is -3.45. The van der Waals surface area contributed by atoms with Crippen LogP contribution < -0.4 is 5.14 Å². The summed E-state index contributed by atoms with van der Waals surface area (Å²) in [5, 5.41) is 4.97. The summed E-state index contributed by atoms with van der Waals surface area (Å²) in [6, 6.07) is 0.364. The van der Waals surface area contributed by atoms with Crippen LogP contribution in [-0.4, -0.2) is 37.6 Å². The van der Waals surface area contributed by atoms with E-state index < -0.39 is 10.0 Å². The van der Waals surface area contributed by atoms with Gasteiger partial charge in [0, 0.05) is 24.9 Å². The van der Waals surface area contributed by atoms with E-state index in [4.69, 9.17) is 5.14 Å². The molecule has 0 aromatic heterocycles. The molecular weight excluding hydrogens is 216 g/mol. The summed E-state index contributed by atoms with van der Waals surface area (Å²) < 4.78 is 21.8. The number of primary sulfonamides is 1. The molecule has 15 heavy (non-hydrogen) atoms. The first kappa shape index (κ1) is 10.9. The lowest BCUT2D eigenvalue weighted by atomic mass is 9.92. The molecule has 1 atom stereocenters. The maximum Gasteiger partial charge on any atom is 0.223 e. The molecule has 6 heteroatoms. The van der Waals surface area contributed by atoms with Gasteiger partial charge in [-0.15, -0.1) is 0 Å². The van der Waals surface area contributed by atoms with Gasteiger partial charge in [0.25, 0.3) is 0 Å². The van der Waals surface area contributed by atoms with E-state index in [2.05, 4.69) is 0 Å². The zero-order valence-corrected chi connectivity index (χ0v) is 9.37.